The number of nitrogens with zero attached hydrogens (tertiary/aromatic N) is 4. The van der Waals surface area contributed by atoms with Crippen molar-refractivity contribution in [2.24, 2.45) is 9.98 Å². The minimum absolute atomic E-state index is 0.00206. The number of carboxylic acid groups (broad SMARTS) is 1. The number of nitrogens with one attached hydrogen (secondary N) is 3. The summed E-state index contributed by atoms with van der Waals surface area (Å²) in [5.41, 5.74) is 2.39. The second kappa shape index (κ2) is 24.4. The number of benzene rings is 3. The lowest BCUT2D eigenvalue weighted by atomic mass is 10.1. The average molecular weight is 872 g/mol. The molecular formula is C40H44F3N7O12. The van der Waals surface area contributed by atoms with Crippen molar-refractivity contribution in [1.82, 2.24) is 20.2 Å². The van der Waals surface area contributed by atoms with E-state index in [9.17, 15) is 42.9 Å². The molecule has 7 N–H and O–H groups in total. The highest BCUT2D eigenvalue weighted by molar-refractivity contribution is 6.01. The van der Waals surface area contributed by atoms with E-state index in [0.717, 1.165) is 16.7 Å². The fraction of sp³-hybridized carbons (Fsp3) is 0.325. The van der Waals surface area contributed by atoms with Gasteiger partial charge in [-0.05, 0) is 35.6 Å². The Morgan fingerprint density at radius 1 is 0.726 bits per heavy atom. The minimum atomic E-state index is -5.08. The third-order valence-electron chi connectivity index (χ3n) is 8.28. The summed E-state index contributed by atoms with van der Waals surface area (Å²) in [6.45, 7) is -0.139. The summed E-state index contributed by atoms with van der Waals surface area (Å²) >= 11 is 0. The molecule has 4 aromatic rings. The summed E-state index contributed by atoms with van der Waals surface area (Å²) < 4.78 is 54.6. The van der Waals surface area contributed by atoms with Crippen molar-refractivity contribution in [2.45, 2.75) is 63.4 Å². The number of amides is 3. The first-order valence-corrected chi connectivity index (χ1v) is 18.7. The van der Waals surface area contributed by atoms with Crippen molar-refractivity contribution in [3.05, 3.63) is 126 Å². The molecule has 0 unspecified atom stereocenters. The Bertz CT molecular complexity index is 2090. The van der Waals surface area contributed by atoms with Crippen molar-refractivity contribution in [3.8, 4) is 0 Å². The van der Waals surface area contributed by atoms with Crippen LogP contribution in [0.4, 0.5) is 33.4 Å². The summed E-state index contributed by atoms with van der Waals surface area (Å²) in [5, 5.41) is 45.2. The van der Waals surface area contributed by atoms with Crippen LogP contribution in [0.3, 0.4) is 0 Å². The zero-order valence-electron chi connectivity index (χ0n) is 32.8. The first kappa shape index (κ1) is 47.8. The molecule has 1 fully saturated rings. The van der Waals surface area contributed by atoms with Gasteiger partial charge in [0.2, 0.25) is 11.6 Å². The van der Waals surface area contributed by atoms with Crippen molar-refractivity contribution in [3.63, 3.8) is 0 Å². The number of alkyl carbamates (subject to hydrolysis) is 2. The van der Waals surface area contributed by atoms with Crippen LogP contribution in [0.25, 0.3) is 0 Å². The number of alkyl halides is 3. The van der Waals surface area contributed by atoms with Gasteiger partial charge in [-0.3, -0.25) is 30.5 Å². The van der Waals surface area contributed by atoms with Gasteiger partial charge in [0, 0.05) is 19.3 Å². The van der Waals surface area contributed by atoms with Gasteiger partial charge in [0.25, 0.3) is 0 Å². The Morgan fingerprint density at radius 2 is 1.19 bits per heavy atom. The number of aliphatic hydroxyl groups excluding tert-OH is 3. The van der Waals surface area contributed by atoms with E-state index in [4.69, 9.17) is 28.8 Å². The Labute approximate surface area is 351 Å². The van der Waals surface area contributed by atoms with Crippen LogP contribution in [-0.2, 0) is 43.6 Å². The highest BCUT2D eigenvalue weighted by atomic mass is 19.4. The van der Waals surface area contributed by atoms with E-state index in [1.54, 1.807) is 24.3 Å². The maximum absolute atomic E-state index is 12.6. The number of hydrogen-bond donors (Lipinski definition) is 7. The predicted molar refractivity (Wildman–Crippen MR) is 211 cm³/mol. The Balaban J connectivity index is 0.00000111. The number of unbranched alkanes of at least 4 members (excludes halogenated alkanes) is 1. The zero-order chi connectivity index (χ0) is 44.9. The summed E-state index contributed by atoms with van der Waals surface area (Å²) in [7, 11) is 0. The maximum Gasteiger partial charge on any atom is 0.490 e. The lowest BCUT2D eigenvalue weighted by Crippen LogP contribution is -2.44. The van der Waals surface area contributed by atoms with Crippen molar-refractivity contribution in [1.29, 1.82) is 0 Å². The molecule has 0 spiro atoms. The Kier molecular flexibility index (Phi) is 18.8. The van der Waals surface area contributed by atoms with Crippen LogP contribution in [0, 0.1) is 0 Å². The number of hydrogen-bond acceptors (Lipinski definition) is 14. The number of rotatable bonds is 14. The number of anilines is 1. The van der Waals surface area contributed by atoms with Crippen LogP contribution in [0.2, 0.25) is 0 Å². The molecule has 1 aliphatic rings. The second-order valence-corrected chi connectivity index (χ2v) is 12.9. The lowest BCUT2D eigenvalue weighted by molar-refractivity contribution is -0.192. The standard InChI is InChI=1S/C38H43N7O10.C2HF3O2/c46-22-29-31(47)32(48)33(55-29)45-21-18-30(42-36(49)52-23-26-12-4-1-5-13-26)41-35(45)40-20-11-10-19-39-34(43-37(50)53-24-27-14-6-2-7-15-27)44-38(51)54-25-28-16-8-3-9-17-28;3-2(4,5)1(6)7/h1-9,12-18,21,29,31-33,46-48H,10-11,19-20,22-25H2,(H,40,41,42,49)(H2,39,43,44,50,51);(H,6,7)/t29-,31-,32-,33-;/m1./s1. The molecule has 0 radical (unpaired) electrons. The molecule has 0 bridgehead atoms. The highest BCUT2D eigenvalue weighted by Gasteiger charge is 2.43. The SMILES string of the molecule is O=C(NC(=NCCCCN=c1nc(NC(=O)OCc2ccccc2)ccn1[C@@H]1O[C@H](CO)[C@@H](O)[C@H]1O)NC(=O)OCc1ccccc1)OCc1ccccc1.O=C(O)C(F)(F)F. The summed E-state index contributed by atoms with van der Waals surface area (Å²) in [6, 6.07) is 28.7. The minimum Gasteiger partial charge on any atom is -0.475 e. The topological polar surface area (TPSA) is 265 Å². The highest BCUT2D eigenvalue weighted by Crippen LogP contribution is 2.28. The first-order chi connectivity index (χ1) is 29.7. The summed E-state index contributed by atoms with van der Waals surface area (Å²) in [6.07, 6.45) is -10.1. The number of aliphatic imine (C=N–C) groups is 1. The van der Waals surface area contributed by atoms with Gasteiger partial charge < -0.3 is 39.4 Å². The van der Waals surface area contributed by atoms with E-state index >= 15 is 0 Å². The van der Waals surface area contributed by atoms with Gasteiger partial charge in [-0.15, -0.1) is 0 Å². The van der Waals surface area contributed by atoms with E-state index < -0.39 is 61.6 Å². The average Bonchev–Trinajstić information content (AvgIpc) is 3.55. The molecule has 5 rings (SSSR count). The van der Waals surface area contributed by atoms with Crippen LogP contribution in [0.5, 0.6) is 0 Å². The molecule has 332 valence electrons. The first-order valence-electron chi connectivity index (χ1n) is 18.7. The van der Waals surface area contributed by atoms with E-state index in [1.807, 2.05) is 66.7 Å². The van der Waals surface area contributed by atoms with Gasteiger partial charge in [-0.2, -0.15) is 18.2 Å². The van der Waals surface area contributed by atoms with E-state index in [-0.39, 0.29) is 50.3 Å². The number of aromatic nitrogens is 2. The molecular weight excluding hydrogens is 827 g/mol. The number of aliphatic hydroxyl groups is 3. The predicted octanol–water partition coefficient (Wildman–Crippen LogP) is 3.77. The smallest absolute Gasteiger partial charge is 0.475 e. The number of ether oxygens (including phenoxy) is 4. The number of carbonyl (C=O) groups is 4. The molecule has 2 heterocycles. The second-order valence-electron chi connectivity index (χ2n) is 12.9. The Morgan fingerprint density at radius 3 is 1.65 bits per heavy atom. The van der Waals surface area contributed by atoms with Crippen molar-refractivity contribution in [2.75, 3.05) is 25.0 Å². The number of aliphatic carboxylic acids is 1. The molecule has 3 aromatic carbocycles. The summed E-state index contributed by atoms with van der Waals surface area (Å²) in [5.74, 6) is -2.83. The monoisotopic (exact) mass is 871 g/mol. The zero-order valence-corrected chi connectivity index (χ0v) is 32.8. The van der Waals surface area contributed by atoms with Crippen molar-refractivity contribution >= 4 is 36.0 Å². The number of guanidine groups is 1. The molecule has 1 aliphatic heterocycles. The Hall–Kier alpha value is -6.88. The lowest BCUT2D eigenvalue weighted by Gasteiger charge is -2.19. The van der Waals surface area contributed by atoms with Gasteiger partial charge in [0.15, 0.2) is 6.23 Å². The molecule has 19 nitrogen and oxygen atoms in total. The number of carboxylic acids is 1. The van der Waals surface area contributed by atoms with Gasteiger partial charge in [0.05, 0.1) is 6.61 Å². The fourth-order valence-electron chi connectivity index (χ4n) is 5.19. The summed E-state index contributed by atoms with van der Waals surface area (Å²) in [4.78, 5) is 59.8. The molecule has 22 heteroatoms. The third-order valence-corrected chi connectivity index (χ3v) is 8.28. The van der Waals surface area contributed by atoms with E-state index in [1.165, 1.54) is 16.8 Å². The molecule has 0 aliphatic carbocycles. The van der Waals surface area contributed by atoms with Crippen LogP contribution in [0.15, 0.2) is 113 Å². The molecule has 1 saturated heterocycles. The maximum atomic E-state index is 12.6. The van der Waals surface area contributed by atoms with Crippen LogP contribution in [-0.4, -0.2) is 104 Å². The van der Waals surface area contributed by atoms with Crippen LogP contribution >= 0.6 is 0 Å². The molecule has 62 heavy (non-hydrogen) atoms. The van der Waals surface area contributed by atoms with Crippen LogP contribution < -0.4 is 21.6 Å². The van der Waals surface area contributed by atoms with Gasteiger partial charge >= 0.3 is 30.4 Å². The normalized spacial score (nSPS) is 17.1. The molecule has 1 aromatic heterocycles. The number of halogens is 3. The van der Waals surface area contributed by atoms with Gasteiger partial charge in [-0.1, -0.05) is 91.0 Å². The van der Waals surface area contributed by atoms with Gasteiger partial charge in [0.1, 0.15) is 44.0 Å². The molecule has 4 atom stereocenters. The quantitative estimate of drug-likeness (QED) is 0.0413. The van der Waals surface area contributed by atoms with Crippen LogP contribution in [0.1, 0.15) is 35.8 Å². The molecule has 3 amide bonds. The number of carbonyl (C=O) groups excluding carboxylic acids is 3. The molecule has 0 saturated carbocycles. The third kappa shape index (κ3) is 16.3. The van der Waals surface area contributed by atoms with E-state index in [0.29, 0.717) is 12.8 Å². The van der Waals surface area contributed by atoms with Crippen molar-refractivity contribution < 1.29 is 71.7 Å². The fourth-order valence-corrected chi connectivity index (χ4v) is 5.19. The van der Waals surface area contributed by atoms with E-state index in [2.05, 4.69) is 30.9 Å². The van der Waals surface area contributed by atoms with Gasteiger partial charge in [-0.25, -0.2) is 19.2 Å². The largest absolute Gasteiger partial charge is 0.490 e.